The van der Waals surface area contributed by atoms with E-state index >= 15 is 0 Å². The topological polar surface area (TPSA) is 69.2 Å². The molecule has 0 aromatic carbocycles. The quantitative estimate of drug-likeness (QED) is 0.532. The fourth-order valence-corrected chi connectivity index (χ4v) is 3.85. The molecule has 0 atom stereocenters. The summed E-state index contributed by atoms with van der Waals surface area (Å²) < 4.78 is 26.1. The molecule has 0 N–H and O–H groups in total. The van der Waals surface area contributed by atoms with Crippen LogP contribution in [-0.4, -0.2) is 20.9 Å². The van der Waals surface area contributed by atoms with Gasteiger partial charge in [-0.05, 0) is 54.7 Å². The van der Waals surface area contributed by atoms with Crippen molar-refractivity contribution in [3.8, 4) is 0 Å². The first-order valence-corrected chi connectivity index (χ1v) is 7.63. The second kappa shape index (κ2) is 4.42. The summed E-state index contributed by atoms with van der Waals surface area (Å²) in [6.07, 6.45) is 0. The van der Waals surface area contributed by atoms with Gasteiger partial charge in [-0.3, -0.25) is 0 Å². The van der Waals surface area contributed by atoms with Crippen LogP contribution in [0.15, 0.2) is 4.34 Å². The highest BCUT2D eigenvalue weighted by molar-refractivity contribution is 9.39. The van der Waals surface area contributed by atoms with Crippen LogP contribution < -0.4 is 0 Å². The molecule has 0 aliphatic carbocycles. The summed E-state index contributed by atoms with van der Waals surface area (Å²) in [5.41, 5.74) is 0. The summed E-state index contributed by atoms with van der Waals surface area (Å²) in [4.78, 5) is 0. The standard InChI is InChI=1S/C4H3Br3N2O3S2/c1-2-8-9-3(13-2)14(10,11)12-4(5,6)7/h1H3. The Morgan fingerprint density at radius 1 is 1.36 bits per heavy atom. The van der Waals surface area contributed by atoms with Gasteiger partial charge in [0, 0.05) is 0 Å². The van der Waals surface area contributed by atoms with Crippen molar-refractivity contribution in [2.75, 3.05) is 0 Å². The molecule has 0 radical (unpaired) electrons. The minimum Gasteiger partial charge on any atom is -0.223 e. The molecule has 0 bridgehead atoms. The van der Waals surface area contributed by atoms with E-state index in [4.69, 9.17) is 0 Å². The van der Waals surface area contributed by atoms with Crippen LogP contribution in [0.3, 0.4) is 0 Å². The van der Waals surface area contributed by atoms with Gasteiger partial charge in [0.15, 0.2) is 0 Å². The molecule has 0 spiro atoms. The predicted molar refractivity (Wildman–Crippen MR) is 62.4 cm³/mol. The Balaban J connectivity index is 2.98. The molecule has 0 aliphatic rings. The van der Waals surface area contributed by atoms with Crippen LogP contribution in [0.2, 0.25) is 0 Å². The zero-order valence-electron chi connectivity index (χ0n) is 6.57. The highest BCUT2D eigenvalue weighted by Crippen LogP contribution is 2.38. The number of nitrogens with zero attached hydrogens (tertiary/aromatic N) is 2. The van der Waals surface area contributed by atoms with E-state index in [-0.39, 0.29) is 4.34 Å². The lowest BCUT2D eigenvalue weighted by Gasteiger charge is -2.10. The van der Waals surface area contributed by atoms with Gasteiger partial charge in [0.25, 0.3) is 6.67 Å². The van der Waals surface area contributed by atoms with Gasteiger partial charge in [0.2, 0.25) is 0 Å². The number of halogens is 3. The van der Waals surface area contributed by atoms with Gasteiger partial charge in [-0.2, -0.15) is 8.42 Å². The third-order valence-electron chi connectivity index (χ3n) is 0.926. The maximum atomic E-state index is 11.5. The van der Waals surface area contributed by atoms with Crippen molar-refractivity contribution in [3.63, 3.8) is 0 Å². The molecule has 80 valence electrons. The average Bonchev–Trinajstić information content (AvgIpc) is 2.29. The lowest BCUT2D eigenvalue weighted by molar-refractivity contribution is 0.351. The normalized spacial score (nSPS) is 13.1. The Bertz CT molecular complexity index is 423. The SMILES string of the molecule is Cc1nnc(S(=O)(=O)OC(Br)(Br)Br)s1. The fraction of sp³-hybridized carbons (Fsp3) is 0.500. The monoisotopic (exact) mass is 428 g/mol. The van der Waals surface area contributed by atoms with Crippen molar-refractivity contribution in [3.05, 3.63) is 5.01 Å². The molecule has 1 aromatic heterocycles. The van der Waals surface area contributed by atoms with Gasteiger partial charge in [0.1, 0.15) is 5.01 Å². The average molecular weight is 431 g/mol. The van der Waals surface area contributed by atoms with Gasteiger partial charge in [-0.15, -0.1) is 10.2 Å². The van der Waals surface area contributed by atoms with E-state index in [2.05, 4.69) is 62.2 Å². The maximum Gasteiger partial charge on any atom is 0.329 e. The fourth-order valence-electron chi connectivity index (χ4n) is 0.539. The van der Waals surface area contributed by atoms with Crippen LogP contribution in [0.5, 0.6) is 0 Å². The Morgan fingerprint density at radius 2 is 1.93 bits per heavy atom. The molecular weight excluding hydrogens is 428 g/mol. The van der Waals surface area contributed by atoms with Crippen molar-refractivity contribution < 1.29 is 12.6 Å². The van der Waals surface area contributed by atoms with Gasteiger partial charge in [0.05, 0.1) is 0 Å². The predicted octanol–water partition coefficient (Wildman–Crippen LogP) is 2.35. The van der Waals surface area contributed by atoms with Gasteiger partial charge >= 0.3 is 10.1 Å². The molecule has 0 unspecified atom stereocenters. The molecule has 0 saturated carbocycles. The van der Waals surface area contributed by atoms with E-state index in [1.54, 1.807) is 6.92 Å². The molecule has 1 heterocycles. The molecule has 1 rings (SSSR count). The third kappa shape index (κ3) is 3.81. The highest BCUT2D eigenvalue weighted by atomic mass is 80.0. The Labute approximate surface area is 110 Å². The van der Waals surface area contributed by atoms with E-state index in [0.29, 0.717) is 5.01 Å². The summed E-state index contributed by atoms with van der Waals surface area (Å²) in [5, 5.41) is 7.59. The van der Waals surface area contributed by atoms with E-state index in [1.165, 1.54) is 0 Å². The van der Waals surface area contributed by atoms with Crippen molar-refractivity contribution in [1.29, 1.82) is 0 Å². The van der Waals surface area contributed by atoms with Crippen LogP contribution in [-0.2, 0) is 14.3 Å². The Hall–Kier alpha value is 0.910. The Kier molecular flexibility index (Phi) is 4.09. The number of hydrogen-bond acceptors (Lipinski definition) is 6. The number of aryl methyl sites for hydroxylation is 1. The second-order valence-corrected chi connectivity index (χ2v) is 11.5. The smallest absolute Gasteiger partial charge is 0.223 e. The zero-order valence-corrected chi connectivity index (χ0v) is 13.0. The Morgan fingerprint density at radius 3 is 2.29 bits per heavy atom. The number of aromatic nitrogens is 2. The summed E-state index contributed by atoms with van der Waals surface area (Å²) in [6.45, 7) is 1.65. The molecular formula is C4H3Br3N2O3S2. The summed E-state index contributed by atoms with van der Waals surface area (Å²) >= 11 is 9.66. The summed E-state index contributed by atoms with van der Waals surface area (Å²) in [6, 6.07) is 0. The van der Waals surface area contributed by atoms with Crippen LogP contribution in [0.25, 0.3) is 0 Å². The lowest BCUT2D eigenvalue weighted by atomic mass is 10.9. The molecule has 0 aliphatic heterocycles. The first kappa shape index (κ1) is 13.0. The molecule has 5 nitrogen and oxygen atoms in total. The molecule has 1 aromatic rings. The molecule has 0 amide bonds. The van der Waals surface area contributed by atoms with Gasteiger partial charge in [-0.1, -0.05) is 11.3 Å². The summed E-state index contributed by atoms with van der Waals surface area (Å²) in [7, 11) is -3.89. The minimum atomic E-state index is -3.89. The third-order valence-corrected chi connectivity index (χ3v) is 4.53. The second-order valence-electron chi connectivity index (χ2n) is 2.07. The van der Waals surface area contributed by atoms with E-state index in [1.807, 2.05) is 0 Å². The lowest BCUT2D eigenvalue weighted by Crippen LogP contribution is -2.15. The van der Waals surface area contributed by atoms with Crippen molar-refractivity contribution >= 4 is 69.2 Å². The summed E-state index contributed by atoms with van der Waals surface area (Å²) in [5.74, 6) is 0. The first-order valence-electron chi connectivity index (χ1n) is 3.03. The van der Waals surface area contributed by atoms with E-state index in [0.717, 1.165) is 11.3 Å². The number of alkyl halides is 3. The first-order chi connectivity index (χ1) is 6.21. The number of rotatable bonds is 2. The highest BCUT2D eigenvalue weighted by Gasteiger charge is 2.31. The van der Waals surface area contributed by atoms with Gasteiger partial charge in [-0.25, -0.2) is 4.18 Å². The zero-order chi connectivity index (χ0) is 11.0. The number of hydrogen-bond donors (Lipinski definition) is 0. The van der Waals surface area contributed by atoms with Crippen molar-refractivity contribution in [2.45, 2.75) is 13.6 Å². The molecule has 14 heavy (non-hydrogen) atoms. The largest absolute Gasteiger partial charge is 0.329 e. The van der Waals surface area contributed by atoms with E-state index in [9.17, 15) is 8.42 Å². The molecule has 0 saturated heterocycles. The molecule has 10 heteroatoms. The minimum absolute atomic E-state index is 0.183. The van der Waals surface area contributed by atoms with Crippen molar-refractivity contribution in [2.24, 2.45) is 0 Å². The van der Waals surface area contributed by atoms with Crippen LogP contribution in [0.1, 0.15) is 5.01 Å². The van der Waals surface area contributed by atoms with Crippen LogP contribution >= 0.6 is 59.1 Å². The van der Waals surface area contributed by atoms with E-state index < -0.39 is 12.4 Å². The van der Waals surface area contributed by atoms with Crippen LogP contribution in [0, 0.1) is 6.92 Å². The molecule has 0 fully saturated rings. The van der Waals surface area contributed by atoms with Gasteiger partial charge < -0.3 is 0 Å². The van der Waals surface area contributed by atoms with Crippen molar-refractivity contribution in [1.82, 2.24) is 10.2 Å². The maximum absolute atomic E-state index is 11.5. The van der Waals surface area contributed by atoms with Crippen LogP contribution in [0.4, 0.5) is 0 Å².